The smallest absolute Gasteiger partial charge is 0.263 e. The lowest BCUT2D eigenvalue weighted by atomic mass is 10.2. The Bertz CT molecular complexity index is 1390. The summed E-state index contributed by atoms with van der Waals surface area (Å²) in [7, 11) is -2.55. The van der Waals surface area contributed by atoms with Crippen LogP contribution in [0.25, 0.3) is 16.3 Å². The van der Waals surface area contributed by atoms with Crippen LogP contribution in [-0.4, -0.2) is 32.4 Å². The number of aryl methyl sites for hydroxylation is 2. The minimum Gasteiger partial charge on any atom is -0.748 e. The van der Waals surface area contributed by atoms with Gasteiger partial charge in [-0.15, -0.1) is 0 Å². The van der Waals surface area contributed by atoms with Gasteiger partial charge in [0, 0.05) is 41.8 Å². The average Bonchev–Trinajstić information content (AvgIpc) is 3.29. The van der Waals surface area contributed by atoms with Gasteiger partial charge in [-0.3, -0.25) is 0 Å². The highest BCUT2D eigenvalue weighted by Gasteiger charge is 2.25. The number of allylic oxidation sites excluding steroid dienone is 2. The summed E-state index contributed by atoms with van der Waals surface area (Å²) in [6, 6.07) is 12.4. The first kappa shape index (κ1) is 24.8. The molecule has 0 aliphatic carbocycles. The third-order valence-corrected chi connectivity index (χ3v) is 8.63. The Labute approximate surface area is 209 Å². The van der Waals surface area contributed by atoms with E-state index in [0.717, 1.165) is 49.4 Å². The standard InChI is InChI=1S/C25H28N2O4S3/c1-5-26-21-16-19(31-4)8-10-23(21)32-24(26)14-18(3)15-25-27(11-6-12-34(28,29)30)20-13-17(2)7-9-22(20)33-25/h7-10,13-16H,5-6,11-12H2,1-4H3. The number of thioether (sulfide) groups is 1. The Morgan fingerprint density at radius 2 is 2.03 bits per heavy atom. The number of aromatic nitrogens is 1. The Balaban J connectivity index is 1.68. The molecule has 0 amide bonds. The van der Waals surface area contributed by atoms with E-state index in [0.29, 0.717) is 6.54 Å². The fourth-order valence-electron chi connectivity index (χ4n) is 4.02. The van der Waals surface area contributed by atoms with Crippen molar-refractivity contribution in [2.24, 2.45) is 0 Å². The fraction of sp³-hybridized carbons (Fsp3) is 0.320. The minimum absolute atomic E-state index is 0.286. The quantitative estimate of drug-likeness (QED) is 0.298. The molecule has 180 valence electrons. The van der Waals surface area contributed by atoms with Crippen molar-refractivity contribution in [3.8, 4) is 5.75 Å². The molecule has 1 aromatic heterocycles. The summed E-state index contributed by atoms with van der Waals surface area (Å²) in [4.78, 5) is 3.48. The van der Waals surface area contributed by atoms with Gasteiger partial charge in [0.25, 0.3) is 5.01 Å². The van der Waals surface area contributed by atoms with E-state index in [1.807, 2.05) is 13.0 Å². The SMILES string of the molecule is CCN1/C(=C\C(C)=C/c2sc3ccc(C)cc3[n+]2CCCS(=O)(=O)[O-])Sc2ccc(OC)cc21. The number of ether oxygens (including phenoxy) is 1. The maximum absolute atomic E-state index is 11.1. The molecule has 2 aromatic carbocycles. The first-order valence-corrected chi connectivity index (χ1v) is 14.3. The van der Waals surface area contributed by atoms with E-state index < -0.39 is 10.1 Å². The van der Waals surface area contributed by atoms with Crippen LogP contribution < -0.4 is 14.2 Å². The Morgan fingerprint density at radius 3 is 2.74 bits per heavy atom. The van der Waals surface area contributed by atoms with E-state index >= 15 is 0 Å². The van der Waals surface area contributed by atoms with E-state index in [1.165, 1.54) is 4.90 Å². The summed E-state index contributed by atoms with van der Waals surface area (Å²) in [5.41, 5.74) is 4.44. The third kappa shape index (κ3) is 5.49. The molecule has 0 bridgehead atoms. The van der Waals surface area contributed by atoms with Crippen molar-refractivity contribution in [2.45, 2.75) is 38.6 Å². The molecular weight excluding hydrogens is 488 g/mol. The number of fused-ring (bicyclic) bond motifs is 2. The molecular formula is C25H28N2O4S3. The monoisotopic (exact) mass is 516 g/mol. The zero-order valence-corrected chi connectivity index (χ0v) is 22.1. The molecule has 0 radical (unpaired) electrons. The molecule has 9 heteroatoms. The predicted molar refractivity (Wildman–Crippen MR) is 140 cm³/mol. The topological polar surface area (TPSA) is 73.6 Å². The molecule has 1 aliphatic rings. The van der Waals surface area contributed by atoms with Crippen LogP contribution in [0, 0.1) is 6.92 Å². The number of nitrogens with zero attached hydrogens (tertiary/aromatic N) is 2. The van der Waals surface area contributed by atoms with E-state index in [4.69, 9.17) is 4.74 Å². The number of hydrogen-bond acceptors (Lipinski definition) is 7. The van der Waals surface area contributed by atoms with Gasteiger partial charge < -0.3 is 14.2 Å². The average molecular weight is 517 g/mol. The highest BCUT2D eigenvalue weighted by molar-refractivity contribution is 8.03. The summed E-state index contributed by atoms with van der Waals surface area (Å²) in [5, 5.41) is 2.18. The van der Waals surface area contributed by atoms with Crippen LogP contribution in [-0.2, 0) is 16.7 Å². The Hall–Kier alpha value is -2.33. The second-order valence-corrected chi connectivity index (χ2v) is 11.9. The third-order valence-electron chi connectivity index (χ3n) is 5.62. The highest BCUT2D eigenvalue weighted by Crippen LogP contribution is 2.47. The van der Waals surface area contributed by atoms with Crippen molar-refractivity contribution in [3.05, 3.63) is 63.6 Å². The fourth-order valence-corrected chi connectivity index (χ4v) is 6.90. The second kappa shape index (κ2) is 10.1. The van der Waals surface area contributed by atoms with Crippen LogP contribution in [0.4, 0.5) is 5.69 Å². The molecule has 0 saturated heterocycles. The van der Waals surface area contributed by atoms with Gasteiger partial charge in [-0.25, -0.2) is 8.42 Å². The maximum Gasteiger partial charge on any atom is 0.263 e. The highest BCUT2D eigenvalue weighted by atomic mass is 32.2. The number of methoxy groups -OCH3 is 1. The van der Waals surface area contributed by atoms with Crippen molar-refractivity contribution in [1.82, 2.24) is 0 Å². The molecule has 0 saturated carbocycles. The summed E-state index contributed by atoms with van der Waals surface area (Å²) >= 11 is 3.41. The first-order chi connectivity index (χ1) is 16.2. The number of hydrogen-bond donors (Lipinski definition) is 0. The van der Waals surface area contributed by atoms with Gasteiger partial charge in [0.05, 0.1) is 27.9 Å². The van der Waals surface area contributed by atoms with Crippen LogP contribution in [0.2, 0.25) is 0 Å². The predicted octanol–water partition coefficient (Wildman–Crippen LogP) is 5.32. The molecule has 4 rings (SSSR count). The molecule has 2 heterocycles. The van der Waals surface area contributed by atoms with Crippen molar-refractivity contribution < 1.29 is 22.3 Å². The van der Waals surface area contributed by atoms with Crippen molar-refractivity contribution in [1.29, 1.82) is 0 Å². The molecule has 0 fully saturated rings. The van der Waals surface area contributed by atoms with Crippen LogP contribution in [0.3, 0.4) is 0 Å². The normalized spacial score (nSPS) is 15.4. The molecule has 0 N–H and O–H groups in total. The van der Waals surface area contributed by atoms with Gasteiger partial charge in [-0.1, -0.05) is 29.2 Å². The summed E-state index contributed by atoms with van der Waals surface area (Å²) in [5.74, 6) is 0.479. The van der Waals surface area contributed by atoms with E-state index in [9.17, 15) is 13.0 Å². The van der Waals surface area contributed by atoms with Crippen molar-refractivity contribution in [3.63, 3.8) is 0 Å². The van der Waals surface area contributed by atoms with E-state index in [1.54, 1.807) is 30.2 Å². The minimum atomic E-state index is -4.23. The van der Waals surface area contributed by atoms with Gasteiger partial charge in [0.1, 0.15) is 10.4 Å². The summed E-state index contributed by atoms with van der Waals surface area (Å²) in [6.07, 6.45) is 4.60. The van der Waals surface area contributed by atoms with Gasteiger partial charge in [0.15, 0.2) is 6.54 Å². The zero-order valence-electron chi connectivity index (χ0n) is 19.7. The first-order valence-electron chi connectivity index (χ1n) is 11.1. The van der Waals surface area contributed by atoms with Gasteiger partial charge in [-0.2, -0.15) is 4.57 Å². The molecule has 1 aliphatic heterocycles. The van der Waals surface area contributed by atoms with Crippen LogP contribution >= 0.6 is 23.1 Å². The summed E-state index contributed by atoms with van der Waals surface area (Å²) < 4.78 is 42.1. The number of rotatable bonds is 8. The maximum atomic E-state index is 11.1. The zero-order chi connectivity index (χ0) is 24.5. The van der Waals surface area contributed by atoms with Crippen molar-refractivity contribution >= 4 is 55.2 Å². The molecule has 34 heavy (non-hydrogen) atoms. The Kier molecular flexibility index (Phi) is 7.37. The van der Waals surface area contributed by atoms with Crippen molar-refractivity contribution in [2.75, 3.05) is 24.3 Å². The molecule has 0 spiro atoms. The second-order valence-electron chi connectivity index (χ2n) is 8.23. The van der Waals surface area contributed by atoms with E-state index in [2.05, 4.69) is 65.8 Å². The lowest BCUT2D eigenvalue weighted by Gasteiger charge is -2.18. The molecule has 0 unspecified atom stereocenters. The Morgan fingerprint density at radius 1 is 1.24 bits per heavy atom. The van der Waals surface area contributed by atoms with Gasteiger partial charge in [0.2, 0.25) is 5.52 Å². The van der Waals surface area contributed by atoms with Gasteiger partial charge in [-0.05, 0) is 56.2 Å². The number of anilines is 1. The van der Waals surface area contributed by atoms with Crippen LogP contribution in [0.1, 0.15) is 30.8 Å². The molecule has 0 atom stereocenters. The largest absolute Gasteiger partial charge is 0.748 e. The lowest BCUT2D eigenvalue weighted by molar-refractivity contribution is -0.668. The molecule has 6 nitrogen and oxygen atoms in total. The number of benzene rings is 2. The van der Waals surface area contributed by atoms with Crippen LogP contribution in [0.15, 0.2) is 58.0 Å². The van der Waals surface area contributed by atoms with Crippen LogP contribution in [0.5, 0.6) is 5.75 Å². The lowest BCUT2D eigenvalue weighted by Crippen LogP contribution is -2.36. The number of thiazole rings is 1. The summed E-state index contributed by atoms with van der Waals surface area (Å²) in [6.45, 7) is 7.57. The van der Waals surface area contributed by atoms with Gasteiger partial charge >= 0.3 is 0 Å². The van der Waals surface area contributed by atoms with E-state index in [-0.39, 0.29) is 12.2 Å². The molecule has 3 aromatic rings.